The lowest BCUT2D eigenvalue weighted by molar-refractivity contribution is 0.431. The van der Waals surface area contributed by atoms with E-state index in [0.29, 0.717) is 6.04 Å². The fourth-order valence-electron chi connectivity index (χ4n) is 3.57. The zero-order valence-corrected chi connectivity index (χ0v) is 12.7. The average molecular weight is 281 g/mol. The maximum Gasteiger partial charge on any atom is 0.0953 e. The lowest BCUT2D eigenvalue weighted by Crippen LogP contribution is -2.09. The number of para-hydroxylation sites is 1. The Morgan fingerprint density at radius 1 is 1.38 bits per heavy atom. The molecule has 21 heavy (non-hydrogen) atoms. The second-order valence-corrected chi connectivity index (χ2v) is 6.44. The number of hydrogen-bond acceptors (Lipinski definition) is 2. The maximum atomic E-state index is 4.46. The van der Waals surface area contributed by atoms with Gasteiger partial charge in [-0.15, -0.1) is 0 Å². The first kappa shape index (κ1) is 12.9. The van der Waals surface area contributed by atoms with E-state index in [2.05, 4.69) is 40.0 Å². The van der Waals surface area contributed by atoms with Gasteiger partial charge in [0.15, 0.2) is 0 Å². The minimum absolute atomic E-state index is 0.590. The van der Waals surface area contributed by atoms with Crippen molar-refractivity contribution in [3.05, 3.63) is 36.3 Å². The molecule has 4 rings (SSSR count). The molecule has 2 heterocycles. The highest BCUT2D eigenvalue weighted by Gasteiger charge is 2.27. The lowest BCUT2D eigenvalue weighted by atomic mass is 10.0. The number of nitrogens with one attached hydrogen (secondary N) is 1. The Morgan fingerprint density at radius 3 is 3.10 bits per heavy atom. The van der Waals surface area contributed by atoms with E-state index in [9.17, 15) is 0 Å². The van der Waals surface area contributed by atoms with Crippen LogP contribution in [0.1, 0.15) is 44.2 Å². The molecule has 1 aliphatic carbocycles. The number of imidazole rings is 1. The van der Waals surface area contributed by atoms with E-state index in [1.165, 1.54) is 48.2 Å². The molecular formula is C18H23N3. The van der Waals surface area contributed by atoms with Gasteiger partial charge in [0.2, 0.25) is 0 Å². The standard InChI is InChI=1S/C18H23N3/c1-2-15(10-13-6-7-13)21-12-19-11-17(21)16-5-3-4-14-8-9-20-18(14)16/h3-5,11-13,15,20H,2,6-10H2,1H3. The smallest absolute Gasteiger partial charge is 0.0953 e. The van der Waals surface area contributed by atoms with Crippen LogP contribution in [0.4, 0.5) is 5.69 Å². The van der Waals surface area contributed by atoms with E-state index in [1.54, 1.807) is 0 Å². The highest BCUT2D eigenvalue weighted by molar-refractivity contribution is 5.79. The summed E-state index contributed by atoms with van der Waals surface area (Å²) in [7, 11) is 0. The van der Waals surface area contributed by atoms with E-state index in [0.717, 1.165) is 18.9 Å². The molecule has 0 amide bonds. The van der Waals surface area contributed by atoms with Crippen LogP contribution in [0.25, 0.3) is 11.3 Å². The van der Waals surface area contributed by atoms with E-state index in [1.807, 2.05) is 12.5 Å². The lowest BCUT2D eigenvalue weighted by Gasteiger charge is -2.20. The SMILES string of the molecule is CCC(CC1CC1)n1cncc1-c1cccc2c1NCC2. The van der Waals surface area contributed by atoms with E-state index < -0.39 is 0 Å². The van der Waals surface area contributed by atoms with Gasteiger partial charge in [-0.2, -0.15) is 0 Å². The van der Waals surface area contributed by atoms with Gasteiger partial charge in [0.25, 0.3) is 0 Å². The Bertz CT molecular complexity index is 640. The summed E-state index contributed by atoms with van der Waals surface area (Å²) in [6.45, 7) is 3.35. The van der Waals surface area contributed by atoms with Gasteiger partial charge >= 0.3 is 0 Å². The van der Waals surface area contributed by atoms with Crippen molar-refractivity contribution in [2.24, 2.45) is 5.92 Å². The first-order valence-electron chi connectivity index (χ1n) is 8.24. The molecular weight excluding hydrogens is 258 g/mol. The zero-order chi connectivity index (χ0) is 14.2. The molecule has 0 bridgehead atoms. The molecule has 1 atom stereocenters. The molecule has 1 unspecified atom stereocenters. The third kappa shape index (κ3) is 2.35. The van der Waals surface area contributed by atoms with Crippen LogP contribution in [-0.4, -0.2) is 16.1 Å². The van der Waals surface area contributed by atoms with Crippen molar-refractivity contribution in [2.75, 3.05) is 11.9 Å². The molecule has 1 aliphatic heterocycles. The van der Waals surface area contributed by atoms with Crippen molar-refractivity contribution in [3.8, 4) is 11.3 Å². The highest BCUT2D eigenvalue weighted by atomic mass is 15.1. The van der Waals surface area contributed by atoms with Crippen LogP contribution in [0.15, 0.2) is 30.7 Å². The van der Waals surface area contributed by atoms with E-state index in [-0.39, 0.29) is 0 Å². The first-order valence-corrected chi connectivity index (χ1v) is 8.24. The Hall–Kier alpha value is -1.77. The quantitative estimate of drug-likeness (QED) is 0.887. The Labute approximate surface area is 126 Å². The van der Waals surface area contributed by atoms with Crippen molar-refractivity contribution in [1.82, 2.24) is 9.55 Å². The van der Waals surface area contributed by atoms with Crippen molar-refractivity contribution in [1.29, 1.82) is 0 Å². The molecule has 0 spiro atoms. The summed E-state index contributed by atoms with van der Waals surface area (Å²) in [6.07, 6.45) is 10.5. The number of rotatable bonds is 5. The summed E-state index contributed by atoms with van der Waals surface area (Å²) in [5.74, 6) is 0.949. The Kier molecular flexibility index (Phi) is 3.21. The van der Waals surface area contributed by atoms with Crippen LogP contribution in [0, 0.1) is 5.92 Å². The molecule has 110 valence electrons. The molecule has 1 saturated carbocycles. The number of benzene rings is 1. The van der Waals surface area contributed by atoms with Gasteiger partial charge in [-0.25, -0.2) is 4.98 Å². The molecule has 1 aromatic carbocycles. The predicted molar refractivity (Wildman–Crippen MR) is 86.5 cm³/mol. The summed E-state index contributed by atoms with van der Waals surface area (Å²) in [6, 6.07) is 7.24. The van der Waals surface area contributed by atoms with Crippen LogP contribution in [-0.2, 0) is 6.42 Å². The summed E-state index contributed by atoms with van der Waals surface area (Å²) in [5, 5.41) is 3.55. The minimum Gasteiger partial charge on any atom is -0.384 e. The molecule has 1 fully saturated rings. The average Bonchev–Trinajstić information content (AvgIpc) is 3.02. The van der Waals surface area contributed by atoms with E-state index >= 15 is 0 Å². The van der Waals surface area contributed by atoms with Crippen LogP contribution < -0.4 is 5.32 Å². The molecule has 0 saturated heterocycles. The Morgan fingerprint density at radius 2 is 2.29 bits per heavy atom. The molecule has 0 radical (unpaired) electrons. The number of hydrogen-bond donors (Lipinski definition) is 1. The number of anilines is 1. The fraction of sp³-hybridized carbons (Fsp3) is 0.500. The summed E-state index contributed by atoms with van der Waals surface area (Å²) in [4.78, 5) is 4.46. The molecule has 3 heteroatoms. The largest absolute Gasteiger partial charge is 0.384 e. The number of aromatic nitrogens is 2. The van der Waals surface area contributed by atoms with Gasteiger partial charge in [-0.05, 0) is 30.7 Å². The second kappa shape index (κ2) is 5.21. The van der Waals surface area contributed by atoms with Crippen molar-refractivity contribution in [3.63, 3.8) is 0 Å². The van der Waals surface area contributed by atoms with Gasteiger partial charge in [-0.3, -0.25) is 0 Å². The third-order valence-electron chi connectivity index (χ3n) is 4.96. The predicted octanol–water partition coefficient (Wildman–Crippen LogP) is 4.27. The normalized spacial score (nSPS) is 18.3. The summed E-state index contributed by atoms with van der Waals surface area (Å²) < 4.78 is 2.41. The van der Waals surface area contributed by atoms with Crippen LogP contribution in [0.3, 0.4) is 0 Å². The summed E-state index contributed by atoms with van der Waals surface area (Å²) in [5.41, 5.74) is 5.35. The third-order valence-corrected chi connectivity index (χ3v) is 4.96. The highest BCUT2D eigenvalue weighted by Crippen LogP contribution is 2.40. The second-order valence-electron chi connectivity index (χ2n) is 6.44. The Balaban J connectivity index is 1.73. The van der Waals surface area contributed by atoms with Crippen molar-refractivity contribution < 1.29 is 0 Å². The van der Waals surface area contributed by atoms with Crippen LogP contribution in [0.5, 0.6) is 0 Å². The van der Waals surface area contributed by atoms with Gasteiger partial charge in [0.05, 0.1) is 18.2 Å². The molecule has 2 aromatic rings. The van der Waals surface area contributed by atoms with Gasteiger partial charge in [0.1, 0.15) is 0 Å². The maximum absolute atomic E-state index is 4.46. The van der Waals surface area contributed by atoms with Gasteiger partial charge in [0, 0.05) is 23.8 Å². The molecule has 2 aliphatic rings. The molecule has 3 nitrogen and oxygen atoms in total. The topological polar surface area (TPSA) is 29.9 Å². The van der Waals surface area contributed by atoms with Gasteiger partial charge in [-0.1, -0.05) is 38.0 Å². The van der Waals surface area contributed by atoms with E-state index in [4.69, 9.17) is 0 Å². The monoisotopic (exact) mass is 281 g/mol. The number of fused-ring (bicyclic) bond motifs is 1. The van der Waals surface area contributed by atoms with Crippen molar-refractivity contribution >= 4 is 5.69 Å². The van der Waals surface area contributed by atoms with Crippen LogP contribution in [0.2, 0.25) is 0 Å². The first-order chi connectivity index (χ1) is 10.4. The zero-order valence-electron chi connectivity index (χ0n) is 12.7. The summed E-state index contributed by atoms with van der Waals surface area (Å²) >= 11 is 0. The van der Waals surface area contributed by atoms with Crippen LogP contribution >= 0.6 is 0 Å². The van der Waals surface area contributed by atoms with Crippen molar-refractivity contribution in [2.45, 2.75) is 45.1 Å². The number of nitrogens with zero attached hydrogens (tertiary/aromatic N) is 2. The van der Waals surface area contributed by atoms with Gasteiger partial charge < -0.3 is 9.88 Å². The molecule has 1 N–H and O–H groups in total. The molecule has 1 aromatic heterocycles. The minimum atomic E-state index is 0.590. The fourth-order valence-corrected chi connectivity index (χ4v) is 3.57.